The van der Waals surface area contributed by atoms with Gasteiger partial charge in [0.1, 0.15) is 0 Å². The Hall–Kier alpha value is -1.26. The first-order valence-electron chi connectivity index (χ1n) is 4.96. The fourth-order valence-corrected chi connectivity index (χ4v) is 1.56. The van der Waals surface area contributed by atoms with Crippen LogP contribution in [0.1, 0.15) is 5.56 Å². The summed E-state index contributed by atoms with van der Waals surface area (Å²) in [5.41, 5.74) is 7.44. The lowest BCUT2D eigenvalue weighted by Gasteiger charge is -2.16. The molecule has 3 N–H and O–H groups in total. The molecule has 0 bridgehead atoms. The van der Waals surface area contributed by atoms with E-state index in [1.165, 1.54) is 0 Å². The van der Waals surface area contributed by atoms with E-state index < -0.39 is 0 Å². The molecule has 1 rings (SSSR count). The minimum atomic E-state index is -0.0185. The molecule has 16 heavy (non-hydrogen) atoms. The standard InChI is InChI=1S/C11H16ClN3O/c1-14-11(16)7-15(2)6-8-3-4-9(12)5-10(8)13/h3-5H,6-7,13H2,1-2H3,(H,14,16). The highest BCUT2D eigenvalue weighted by molar-refractivity contribution is 6.30. The second kappa shape index (κ2) is 5.72. The van der Waals surface area contributed by atoms with Crippen molar-refractivity contribution < 1.29 is 4.79 Å². The van der Waals surface area contributed by atoms with Gasteiger partial charge in [0.15, 0.2) is 0 Å². The maximum atomic E-state index is 11.1. The number of nitrogens with two attached hydrogens (primary N) is 1. The first kappa shape index (κ1) is 12.8. The molecule has 1 aromatic carbocycles. The van der Waals surface area contributed by atoms with Crippen molar-refractivity contribution >= 4 is 23.2 Å². The highest BCUT2D eigenvalue weighted by atomic mass is 35.5. The van der Waals surface area contributed by atoms with Crippen LogP contribution in [0.25, 0.3) is 0 Å². The average Bonchev–Trinajstić information content (AvgIpc) is 2.22. The van der Waals surface area contributed by atoms with Crippen LogP contribution in [0.5, 0.6) is 0 Å². The third kappa shape index (κ3) is 3.72. The number of benzene rings is 1. The van der Waals surface area contributed by atoms with Gasteiger partial charge in [0.05, 0.1) is 6.54 Å². The number of hydrogen-bond donors (Lipinski definition) is 2. The molecule has 0 saturated heterocycles. The molecule has 0 radical (unpaired) electrons. The van der Waals surface area contributed by atoms with Crippen molar-refractivity contribution in [3.8, 4) is 0 Å². The van der Waals surface area contributed by atoms with Crippen molar-refractivity contribution in [3.63, 3.8) is 0 Å². The van der Waals surface area contributed by atoms with Gasteiger partial charge >= 0.3 is 0 Å². The van der Waals surface area contributed by atoms with E-state index in [2.05, 4.69) is 5.32 Å². The van der Waals surface area contributed by atoms with Crippen molar-refractivity contribution in [2.24, 2.45) is 0 Å². The summed E-state index contributed by atoms with van der Waals surface area (Å²) in [6.07, 6.45) is 0. The molecule has 0 aliphatic rings. The van der Waals surface area contributed by atoms with E-state index in [1.54, 1.807) is 19.2 Å². The molecule has 0 atom stereocenters. The van der Waals surface area contributed by atoms with Crippen LogP contribution < -0.4 is 11.1 Å². The maximum Gasteiger partial charge on any atom is 0.233 e. The van der Waals surface area contributed by atoms with Gasteiger partial charge in [0.25, 0.3) is 0 Å². The fourth-order valence-electron chi connectivity index (χ4n) is 1.38. The number of halogens is 1. The molecule has 1 amide bonds. The minimum absolute atomic E-state index is 0.0185. The predicted molar refractivity (Wildman–Crippen MR) is 66.3 cm³/mol. The SMILES string of the molecule is CNC(=O)CN(C)Cc1ccc(Cl)cc1N. The zero-order chi connectivity index (χ0) is 12.1. The number of hydrogen-bond acceptors (Lipinski definition) is 3. The molecule has 4 nitrogen and oxygen atoms in total. The summed E-state index contributed by atoms with van der Waals surface area (Å²) in [6, 6.07) is 5.38. The Kier molecular flexibility index (Phi) is 4.58. The summed E-state index contributed by atoms with van der Waals surface area (Å²) >= 11 is 5.80. The second-order valence-corrected chi connectivity index (χ2v) is 4.13. The van der Waals surface area contributed by atoms with Gasteiger partial charge in [-0.2, -0.15) is 0 Å². The monoisotopic (exact) mass is 241 g/mol. The van der Waals surface area contributed by atoms with Crippen LogP contribution in [0.2, 0.25) is 5.02 Å². The van der Waals surface area contributed by atoms with E-state index in [1.807, 2.05) is 18.0 Å². The summed E-state index contributed by atoms with van der Waals surface area (Å²) in [4.78, 5) is 13.0. The number of rotatable bonds is 4. The molecular weight excluding hydrogens is 226 g/mol. The molecule has 0 aliphatic heterocycles. The summed E-state index contributed by atoms with van der Waals surface area (Å²) in [6.45, 7) is 0.967. The Morgan fingerprint density at radius 3 is 2.81 bits per heavy atom. The highest BCUT2D eigenvalue weighted by Crippen LogP contribution is 2.18. The third-order valence-electron chi connectivity index (χ3n) is 2.24. The number of anilines is 1. The Labute approximate surface area is 100 Å². The number of nitrogen functional groups attached to an aromatic ring is 1. The normalized spacial score (nSPS) is 10.5. The molecule has 88 valence electrons. The first-order chi connectivity index (χ1) is 7.52. The Morgan fingerprint density at radius 2 is 2.25 bits per heavy atom. The first-order valence-corrected chi connectivity index (χ1v) is 5.33. The third-order valence-corrected chi connectivity index (χ3v) is 2.48. The summed E-state index contributed by atoms with van der Waals surface area (Å²) in [5, 5.41) is 3.19. The molecule has 0 spiro atoms. The molecule has 0 aliphatic carbocycles. The van der Waals surface area contributed by atoms with Gasteiger partial charge in [-0.15, -0.1) is 0 Å². The Bertz CT molecular complexity index is 381. The van der Waals surface area contributed by atoms with Gasteiger partial charge in [-0.3, -0.25) is 9.69 Å². The molecule has 1 aromatic rings. The highest BCUT2D eigenvalue weighted by Gasteiger charge is 2.07. The van der Waals surface area contributed by atoms with E-state index in [4.69, 9.17) is 17.3 Å². The van der Waals surface area contributed by atoms with Crippen LogP contribution >= 0.6 is 11.6 Å². The van der Waals surface area contributed by atoms with Crippen molar-refractivity contribution in [1.29, 1.82) is 0 Å². The minimum Gasteiger partial charge on any atom is -0.398 e. The number of nitrogens with zero attached hydrogens (tertiary/aromatic N) is 1. The average molecular weight is 242 g/mol. The van der Waals surface area contributed by atoms with Crippen LogP contribution in [0, 0.1) is 0 Å². The summed E-state index contributed by atoms with van der Waals surface area (Å²) in [7, 11) is 3.48. The summed E-state index contributed by atoms with van der Waals surface area (Å²) < 4.78 is 0. The van der Waals surface area contributed by atoms with Crippen LogP contribution in [-0.2, 0) is 11.3 Å². The number of carbonyl (C=O) groups excluding carboxylic acids is 1. The number of amides is 1. The quantitative estimate of drug-likeness (QED) is 0.777. The lowest BCUT2D eigenvalue weighted by Crippen LogP contribution is -2.32. The van der Waals surface area contributed by atoms with Gasteiger partial charge in [-0.25, -0.2) is 0 Å². The molecular formula is C11H16ClN3O. The molecule has 5 heteroatoms. The molecule has 0 fully saturated rings. The summed E-state index contributed by atoms with van der Waals surface area (Å²) in [5.74, 6) is -0.0185. The second-order valence-electron chi connectivity index (χ2n) is 3.69. The van der Waals surface area contributed by atoms with Crippen molar-refractivity contribution in [1.82, 2.24) is 10.2 Å². The Balaban J connectivity index is 2.62. The van der Waals surface area contributed by atoms with Gasteiger partial charge in [0.2, 0.25) is 5.91 Å². The van der Waals surface area contributed by atoms with E-state index in [-0.39, 0.29) is 5.91 Å². The largest absolute Gasteiger partial charge is 0.398 e. The van der Waals surface area contributed by atoms with Crippen molar-refractivity contribution in [2.45, 2.75) is 6.54 Å². The van der Waals surface area contributed by atoms with Gasteiger partial charge in [-0.05, 0) is 24.7 Å². The topological polar surface area (TPSA) is 58.4 Å². The zero-order valence-electron chi connectivity index (χ0n) is 9.46. The lowest BCUT2D eigenvalue weighted by molar-refractivity contribution is -0.121. The number of carbonyl (C=O) groups is 1. The lowest BCUT2D eigenvalue weighted by atomic mass is 10.1. The number of likely N-dealkylation sites (N-methyl/N-ethyl adjacent to an activating group) is 2. The van der Waals surface area contributed by atoms with E-state index >= 15 is 0 Å². The van der Waals surface area contributed by atoms with Crippen molar-refractivity contribution in [3.05, 3.63) is 28.8 Å². The van der Waals surface area contributed by atoms with Gasteiger partial charge < -0.3 is 11.1 Å². The van der Waals surface area contributed by atoms with E-state index in [9.17, 15) is 4.79 Å². The van der Waals surface area contributed by atoms with Crippen molar-refractivity contribution in [2.75, 3.05) is 26.4 Å². The maximum absolute atomic E-state index is 11.1. The van der Waals surface area contributed by atoms with Crippen LogP contribution in [0.3, 0.4) is 0 Å². The van der Waals surface area contributed by atoms with Crippen LogP contribution in [0.15, 0.2) is 18.2 Å². The number of nitrogens with one attached hydrogen (secondary N) is 1. The van der Waals surface area contributed by atoms with E-state index in [0.717, 1.165) is 5.56 Å². The van der Waals surface area contributed by atoms with Gasteiger partial charge in [0, 0.05) is 24.3 Å². The molecule has 0 aromatic heterocycles. The zero-order valence-corrected chi connectivity index (χ0v) is 10.2. The molecule has 0 saturated carbocycles. The fraction of sp³-hybridized carbons (Fsp3) is 0.364. The Morgan fingerprint density at radius 1 is 1.56 bits per heavy atom. The van der Waals surface area contributed by atoms with Crippen LogP contribution in [-0.4, -0.2) is 31.4 Å². The van der Waals surface area contributed by atoms with Crippen LogP contribution in [0.4, 0.5) is 5.69 Å². The van der Waals surface area contributed by atoms with E-state index in [0.29, 0.717) is 23.8 Å². The predicted octanol–water partition coefficient (Wildman–Crippen LogP) is 1.10. The smallest absolute Gasteiger partial charge is 0.233 e. The van der Waals surface area contributed by atoms with Gasteiger partial charge in [-0.1, -0.05) is 17.7 Å². The molecule has 0 unspecified atom stereocenters. The molecule has 0 heterocycles.